The van der Waals surface area contributed by atoms with Crippen LogP contribution in [0.2, 0.25) is 0 Å². The van der Waals surface area contributed by atoms with Gasteiger partial charge in [-0.05, 0) is 30.9 Å². The Balaban J connectivity index is 1.75. The average molecular weight is 356 g/mol. The summed E-state index contributed by atoms with van der Waals surface area (Å²) in [6.07, 6.45) is 2.20. The van der Waals surface area contributed by atoms with Gasteiger partial charge in [-0.15, -0.1) is 0 Å². The maximum absolute atomic E-state index is 12.6. The van der Waals surface area contributed by atoms with Crippen molar-refractivity contribution in [1.82, 2.24) is 5.32 Å². The number of halogens is 2. The van der Waals surface area contributed by atoms with Gasteiger partial charge in [0.2, 0.25) is 0 Å². The van der Waals surface area contributed by atoms with Gasteiger partial charge >= 0.3 is 12.6 Å². The van der Waals surface area contributed by atoms with E-state index in [1.807, 2.05) is 4.90 Å². The number of piperazine rings is 1. The van der Waals surface area contributed by atoms with E-state index in [2.05, 4.69) is 10.1 Å². The standard InChI is InChI=1S/C17H22F2N2O4/c1-23-16(22)13-9-21(7-6-20-13)12-4-5-14(25-17(18)19)15(8-12)24-10-11-2-3-11/h4-5,8,11,13,17,20H,2-3,6-7,9-10H2,1H3/t13-/m1/s1. The first-order valence-corrected chi connectivity index (χ1v) is 8.34. The number of esters is 1. The lowest BCUT2D eigenvalue weighted by Crippen LogP contribution is -2.54. The number of nitrogens with zero attached hydrogens (tertiary/aromatic N) is 1. The highest BCUT2D eigenvalue weighted by Crippen LogP contribution is 2.36. The quantitative estimate of drug-likeness (QED) is 0.755. The minimum Gasteiger partial charge on any atom is -0.489 e. The molecule has 3 rings (SSSR count). The highest BCUT2D eigenvalue weighted by Gasteiger charge is 2.27. The Morgan fingerprint density at radius 1 is 1.36 bits per heavy atom. The molecule has 0 aromatic heterocycles. The van der Waals surface area contributed by atoms with Crippen molar-refractivity contribution >= 4 is 11.7 Å². The Hall–Kier alpha value is -2.09. The summed E-state index contributed by atoms with van der Waals surface area (Å²) in [7, 11) is 1.35. The zero-order chi connectivity index (χ0) is 17.8. The van der Waals surface area contributed by atoms with Gasteiger partial charge in [0.05, 0.1) is 13.7 Å². The number of rotatable bonds is 7. The number of carbonyl (C=O) groups excluding carboxylic acids is 1. The lowest BCUT2D eigenvalue weighted by molar-refractivity contribution is -0.143. The van der Waals surface area contributed by atoms with Crippen molar-refractivity contribution in [1.29, 1.82) is 0 Å². The fraction of sp³-hybridized carbons (Fsp3) is 0.588. The second kappa shape index (κ2) is 7.86. The molecule has 8 heteroatoms. The van der Waals surface area contributed by atoms with Crippen LogP contribution >= 0.6 is 0 Å². The number of anilines is 1. The molecule has 138 valence electrons. The van der Waals surface area contributed by atoms with E-state index < -0.39 is 12.7 Å². The molecule has 1 heterocycles. The summed E-state index contributed by atoms with van der Waals surface area (Å²) in [5, 5.41) is 3.10. The van der Waals surface area contributed by atoms with E-state index in [4.69, 9.17) is 9.47 Å². The monoisotopic (exact) mass is 356 g/mol. The Kier molecular flexibility index (Phi) is 5.57. The van der Waals surface area contributed by atoms with Gasteiger partial charge in [0, 0.05) is 31.4 Å². The van der Waals surface area contributed by atoms with Crippen molar-refractivity contribution in [3.05, 3.63) is 18.2 Å². The highest BCUT2D eigenvalue weighted by atomic mass is 19.3. The van der Waals surface area contributed by atoms with E-state index in [0.717, 1.165) is 18.5 Å². The second-order valence-electron chi connectivity index (χ2n) is 6.24. The van der Waals surface area contributed by atoms with Gasteiger partial charge in [-0.3, -0.25) is 4.79 Å². The first-order chi connectivity index (χ1) is 12.1. The van der Waals surface area contributed by atoms with Crippen molar-refractivity contribution in [2.24, 2.45) is 5.92 Å². The van der Waals surface area contributed by atoms with E-state index >= 15 is 0 Å². The van der Waals surface area contributed by atoms with Gasteiger partial charge in [0.25, 0.3) is 0 Å². The van der Waals surface area contributed by atoms with Gasteiger partial charge in [0.1, 0.15) is 6.04 Å². The maximum atomic E-state index is 12.6. The molecule has 0 bridgehead atoms. The van der Waals surface area contributed by atoms with Crippen molar-refractivity contribution in [2.75, 3.05) is 38.3 Å². The third-order valence-electron chi connectivity index (χ3n) is 4.34. The molecule has 1 aliphatic carbocycles. The van der Waals surface area contributed by atoms with Crippen LogP contribution < -0.4 is 19.7 Å². The molecule has 6 nitrogen and oxygen atoms in total. The van der Waals surface area contributed by atoms with Crippen molar-refractivity contribution in [2.45, 2.75) is 25.5 Å². The van der Waals surface area contributed by atoms with Crippen LogP contribution in [0.25, 0.3) is 0 Å². The van der Waals surface area contributed by atoms with E-state index in [9.17, 15) is 13.6 Å². The minimum atomic E-state index is -2.91. The van der Waals surface area contributed by atoms with Crippen LogP contribution in [0, 0.1) is 5.92 Å². The summed E-state index contributed by atoms with van der Waals surface area (Å²) in [5.74, 6) is 0.496. The van der Waals surface area contributed by atoms with Crippen molar-refractivity contribution < 1.29 is 27.8 Å². The lowest BCUT2D eigenvalue weighted by Gasteiger charge is -2.34. The fourth-order valence-corrected chi connectivity index (χ4v) is 2.78. The molecule has 0 spiro atoms. The first-order valence-electron chi connectivity index (χ1n) is 8.34. The predicted molar refractivity (Wildman–Crippen MR) is 87.3 cm³/mol. The van der Waals surface area contributed by atoms with E-state index in [1.54, 1.807) is 12.1 Å². The number of ether oxygens (including phenoxy) is 3. The molecular weight excluding hydrogens is 334 g/mol. The molecule has 0 amide bonds. The van der Waals surface area contributed by atoms with Crippen molar-refractivity contribution in [3.8, 4) is 11.5 Å². The zero-order valence-electron chi connectivity index (χ0n) is 14.0. The molecule has 25 heavy (non-hydrogen) atoms. The Morgan fingerprint density at radius 3 is 2.84 bits per heavy atom. The molecule has 1 aromatic carbocycles. The smallest absolute Gasteiger partial charge is 0.387 e. The van der Waals surface area contributed by atoms with E-state index in [0.29, 0.717) is 37.9 Å². The minimum absolute atomic E-state index is 0.0269. The summed E-state index contributed by atoms with van der Waals surface area (Å²) in [5.41, 5.74) is 0.794. The Bertz CT molecular complexity index is 610. The van der Waals surface area contributed by atoms with Gasteiger partial charge in [-0.25, -0.2) is 0 Å². The van der Waals surface area contributed by atoms with E-state index in [1.165, 1.54) is 13.2 Å². The van der Waals surface area contributed by atoms with Crippen LogP contribution in [0.4, 0.5) is 14.5 Å². The number of benzene rings is 1. The normalized spacial score (nSPS) is 20.5. The molecule has 1 saturated heterocycles. The molecule has 1 aliphatic heterocycles. The molecular formula is C17H22F2N2O4. The number of hydrogen-bond acceptors (Lipinski definition) is 6. The van der Waals surface area contributed by atoms with E-state index in [-0.39, 0.29) is 11.7 Å². The van der Waals surface area contributed by atoms with Gasteiger partial charge in [-0.1, -0.05) is 0 Å². The SMILES string of the molecule is COC(=O)[C@H]1CN(c2ccc(OC(F)F)c(OCC3CC3)c2)CCN1. The molecule has 1 N–H and O–H groups in total. The molecule has 0 unspecified atom stereocenters. The van der Waals surface area contributed by atoms with Gasteiger partial charge < -0.3 is 24.4 Å². The number of methoxy groups -OCH3 is 1. The van der Waals surface area contributed by atoms with Crippen LogP contribution in [0.5, 0.6) is 11.5 Å². The third-order valence-corrected chi connectivity index (χ3v) is 4.34. The average Bonchev–Trinajstić information content (AvgIpc) is 3.44. The van der Waals surface area contributed by atoms with Crippen molar-refractivity contribution in [3.63, 3.8) is 0 Å². The first kappa shape index (κ1) is 17.7. The summed E-state index contributed by atoms with van der Waals surface area (Å²) < 4.78 is 40.2. The number of alkyl halides is 2. The highest BCUT2D eigenvalue weighted by molar-refractivity contribution is 5.77. The van der Waals surface area contributed by atoms with Crippen LogP contribution in [0.1, 0.15) is 12.8 Å². The topological polar surface area (TPSA) is 60.0 Å². The summed E-state index contributed by atoms with van der Waals surface area (Å²) >= 11 is 0. The second-order valence-corrected chi connectivity index (χ2v) is 6.24. The van der Waals surface area contributed by atoms with Gasteiger partial charge in [-0.2, -0.15) is 8.78 Å². The molecule has 1 aromatic rings. The maximum Gasteiger partial charge on any atom is 0.387 e. The molecule has 2 aliphatic rings. The van der Waals surface area contributed by atoms with Crippen LogP contribution in [-0.2, 0) is 9.53 Å². The molecule has 1 atom stereocenters. The lowest BCUT2D eigenvalue weighted by atomic mass is 10.1. The molecule has 0 radical (unpaired) electrons. The number of nitrogens with one attached hydrogen (secondary N) is 1. The number of carbonyl (C=O) groups is 1. The van der Waals surface area contributed by atoms with Crippen LogP contribution in [0.3, 0.4) is 0 Å². The van der Waals surface area contributed by atoms with Crippen LogP contribution in [0.15, 0.2) is 18.2 Å². The predicted octanol–water partition coefficient (Wildman–Crippen LogP) is 2.03. The molecule has 1 saturated carbocycles. The summed E-state index contributed by atoms with van der Waals surface area (Å²) in [6.45, 7) is -0.672. The largest absolute Gasteiger partial charge is 0.489 e. The summed E-state index contributed by atoms with van der Waals surface area (Å²) in [6, 6.07) is 4.45. The third kappa shape index (κ3) is 4.72. The van der Waals surface area contributed by atoms with Crippen LogP contribution in [-0.4, -0.2) is 52.0 Å². The fourth-order valence-electron chi connectivity index (χ4n) is 2.78. The summed E-state index contributed by atoms with van der Waals surface area (Å²) in [4.78, 5) is 13.7. The Labute approximate surface area is 145 Å². The van der Waals surface area contributed by atoms with Gasteiger partial charge in [0.15, 0.2) is 11.5 Å². The Morgan fingerprint density at radius 2 is 2.16 bits per heavy atom. The number of hydrogen-bond donors (Lipinski definition) is 1. The molecule has 2 fully saturated rings. The zero-order valence-corrected chi connectivity index (χ0v) is 14.0.